The summed E-state index contributed by atoms with van der Waals surface area (Å²) in [6.45, 7) is 3.98. The Kier molecular flexibility index (Phi) is 7.91. The van der Waals surface area contributed by atoms with Crippen LogP contribution in [0, 0.1) is 0 Å². The van der Waals surface area contributed by atoms with Crippen LogP contribution in [0.5, 0.6) is 0 Å². The van der Waals surface area contributed by atoms with E-state index in [1.54, 1.807) is 4.90 Å². The summed E-state index contributed by atoms with van der Waals surface area (Å²) in [5, 5.41) is 4.23. The molecule has 0 bridgehead atoms. The van der Waals surface area contributed by atoms with Crippen LogP contribution in [0.2, 0.25) is 0 Å². The summed E-state index contributed by atoms with van der Waals surface area (Å²) in [5.41, 5.74) is 2.60. The first-order valence-electron chi connectivity index (χ1n) is 11.3. The molecule has 0 radical (unpaired) electrons. The van der Waals surface area contributed by atoms with Gasteiger partial charge in [-0.1, -0.05) is 32.3 Å². The molecule has 1 aliphatic carbocycles. The number of pyridine rings is 1. The predicted octanol–water partition coefficient (Wildman–Crippen LogP) is 3.89. The minimum absolute atomic E-state index is 0.0533. The van der Waals surface area contributed by atoms with Crippen LogP contribution in [-0.2, 0) is 13.0 Å². The van der Waals surface area contributed by atoms with Crippen molar-refractivity contribution in [3.63, 3.8) is 0 Å². The summed E-state index contributed by atoms with van der Waals surface area (Å²) in [6, 6.07) is 8.27. The van der Waals surface area contributed by atoms with E-state index in [0.717, 1.165) is 43.1 Å². The smallest absolute Gasteiger partial charge is 0.317 e. The summed E-state index contributed by atoms with van der Waals surface area (Å²) in [4.78, 5) is 32.7. The van der Waals surface area contributed by atoms with E-state index in [1.165, 1.54) is 24.8 Å². The second kappa shape index (κ2) is 10.6. The molecular weight excluding hydrogens is 376 g/mol. The van der Waals surface area contributed by atoms with Gasteiger partial charge in [0.1, 0.15) is 0 Å². The lowest BCUT2D eigenvalue weighted by Gasteiger charge is -2.28. The summed E-state index contributed by atoms with van der Waals surface area (Å²) in [5.74, 6) is 0. The fraction of sp³-hybridized carbons (Fsp3) is 0.583. The van der Waals surface area contributed by atoms with Gasteiger partial charge in [-0.05, 0) is 75.5 Å². The Hall–Kier alpha value is -2.34. The number of carbonyl (C=O) groups excluding carboxylic acids is 1. The van der Waals surface area contributed by atoms with Crippen LogP contribution in [-0.4, -0.2) is 54.0 Å². The van der Waals surface area contributed by atoms with Crippen LogP contribution in [0.25, 0.3) is 10.9 Å². The molecule has 0 saturated heterocycles. The first kappa shape index (κ1) is 22.3. The molecule has 2 amide bonds. The first-order valence-corrected chi connectivity index (χ1v) is 11.3. The van der Waals surface area contributed by atoms with E-state index in [2.05, 4.69) is 28.2 Å². The van der Waals surface area contributed by atoms with Crippen molar-refractivity contribution in [2.75, 3.05) is 27.2 Å². The maximum Gasteiger partial charge on any atom is 0.317 e. The first-order chi connectivity index (χ1) is 14.5. The van der Waals surface area contributed by atoms with Gasteiger partial charge in [0.15, 0.2) is 0 Å². The largest absolute Gasteiger partial charge is 0.335 e. The zero-order valence-electron chi connectivity index (χ0n) is 18.7. The van der Waals surface area contributed by atoms with Gasteiger partial charge in [0, 0.05) is 23.7 Å². The monoisotopic (exact) mass is 412 g/mol. The van der Waals surface area contributed by atoms with E-state index in [-0.39, 0.29) is 17.6 Å². The summed E-state index contributed by atoms with van der Waals surface area (Å²) < 4.78 is 0. The summed E-state index contributed by atoms with van der Waals surface area (Å²) >= 11 is 0. The second-order valence-corrected chi connectivity index (χ2v) is 8.76. The van der Waals surface area contributed by atoms with Crippen molar-refractivity contribution in [1.82, 2.24) is 20.1 Å². The fourth-order valence-corrected chi connectivity index (χ4v) is 4.19. The number of aromatic nitrogens is 1. The molecule has 0 unspecified atom stereocenters. The molecule has 0 atom stereocenters. The van der Waals surface area contributed by atoms with Crippen LogP contribution in [0.1, 0.15) is 56.6 Å². The topological polar surface area (TPSA) is 68.4 Å². The number of aromatic amines is 1. The van der Waals surface area contributed by atoms with Crippen molar-refractivity contribution in [3.05, 3.63) is 45.7 Å². The molecule has 1 fully saturated rings. The third kappa shape index (κ3) is 6.08. The average Bonchev–Trinajstić information content (AvgIpc) is 2.73. The van der Waals surface area contributed by atoms with Crippen molar-refractivity contribution < 1.29 is 4.79 Å². The number of urea groups is 1. The molecule has 6 nitrogen and oxygen atoms in total. The Balaban J connectivity index is 1.78. The lowest BCUT2D eigenvalue weighted by Crippen LogP contribution is -2.46. The maximum absolute atomic E-state index is 13.1. The van der Waals surface area contributed by atoms with E-state index < -0.39 is 0 Å². The van der Waals surface area contributed by atoms with Gasteiger partial charge in [-0.2, -0.15) is 0 Å². The van der Waals surface area contributed by atoms with Crippen molar-refractivity contribution in [2.24, 2.45) is 0 Å². The Bertz CT molecular complexity index is 900. The number of nitrogens with one attached hydrogen (secondary N) is 2. The standard InChI is InChI=1S/C24H36N4O2/c1-4-18-11-12-22-19(15-18)16-20(23(29)26-22)17-28(14-8-13-27(2)3)24(30)25-21-9-6-5-7-10-21/h11-12,15-16,21H,4-10,13-14,17H2,1-3H3,(H,25,30)(H,26,29). The Morgan fingerprint density at radius 2 is 1.90 bits per heavy atom. The van der Waals surface area contributed by atoms with E-state index in [4.69, 9.17) is 0 Å². The molecule has 164 valence electrons. The highest BCUT2D eigenvalue weighted by atomic mass is 16.2. The van der Waals surface area contributed by atoms with E-state index in [1.807, 2.05) is 32.3 Å². The molecule has 6 heteroatoms. The molecule has 1 aromatic carbocycles. The normalized spacial score (nSPS) is 14.9. The third-order valence-electron chi connectivity index (χ3n) is 6.01. The third-order valence-corrected chi connectivity index (χ3v) is 6.01. The average molecular weight is 413 g/mol. The number of fused-ring (bicyclic) bond motifs is 1. The lowest BCUT2D eigenvalue weighted by molar-refractivity contribution is 0.184. The molecule has 1 aromatic heterocycles. The maximum atomic E-state index is 13.1. The highest BCUT2D eigenvalue weighted by Gasteiger charge is 2.21. The molecule has 1 aliphatic rings. The molecule has 2 aromatic rings. The van der Waals surface area contributed by atoms with E-state index in [9.17, 15) is 9.59 Å². The van der Waals surface area contributed by atoms with Gasteiger partial charge in [0.05, 0.1) is 6.54 Å². The number of H-pyrrole nitrogens is 1. The minimum Gasteiger partial charge on any atom is -0.335 e. The van der Waals surface area contributed by atoms with Crippen molar-refractivity contribution in [3.8, 4) is 0 Å². The zero-order chi connectivity index (χ0) is 21.5. The van der Waals surface area contributed by atoms with Crippen LogP contribution >= 0.6 is 0 Å². The van der Waals surface area contributed by atoms with Crippen LogP contribution in [0.3, 0.4) is 0 Å². The number of benzene rings is 1. The predicted molar refractivity (Wildman–Crippen MR) is 123 cm³/mol. The van der Waals surface area contributed by atoms with Gasteiger partial charge in [0.25, 0.3) is 5.56 Å². The Morgan fingerprint density at radius 3 is 2.60 bits per heavy atom. The molecule has 0 spiro atoms. The van der Waals surface area contributed by atoms with E-state index >= 15 is 0 Å². The van der Waals surface area contributed by atoms with Crippen LogP contribution in [0.15, 0.2) is 29.1 Å². The Morgan fingerprint density at radius 1 is 1.13 bits per heavy atom. The van der Waals surface area contributed by atoms with Crippen molar-refractivity contribution in [1.29, 1.82) is 0 Å². The minimum atomic E-state index is -0.116. The molecule has 1 saturated carbocycles. The second-order valence-electron chi connectivity index (χ2n) is 8.76. The number of nitrogens with zero attached hydrogens (tertiary/aromatic N) is 2. The number of carbonyl (C=O) groups is 1. The molecule has 30 heavy (non-hydrogen) atoms. The van der Waals surface area contributed by atoms with Gasteiger partial charge in [-0.3, -0.25) is 4.79 Å². The quantitative estimate of drug-likeness (QED) is 0.691. The van der Waals surface area contributed by atoms with Crippen molar-refractivity contribution >= 4 is 16.9 Å². The number of aryl methyl sites for hydroxylation is 1. The molecule has 1 heterocycles. The number of hydrogen-bond acceptors (Lipinski definition) is 3. The lowest BCUT2D eigenvalue weighted by atomic mass is 9.96. The molecular formula is C24H36N4O2. The SMILES string of the molecule is CCc1ccc2[nH]c(=O)c(CN(CCCN(C)C)C(=O)NC3CCCCC3)cc2c1. The van der Waals surface area contributed by atoms with Gasteiger partial charge in [-0.25, -0.2) is 4.79 Å². The highest BCUT2D eigenvalue weighted by molar-refractivity contribution is 5.80. The summed E-state index contributed by atoms with van der Waals surface area (Å²) in [6.07, 6.45) is 7.53. The van der Waals surface area contributed by atoms with Gasteiger partial charge in [-0.15, -0.1) is 0 Å². The molecule has 3 rings (SSSR count). The van der Waals surface area contributed by atoms with E-state index in [0.29, 0.717) is 18.7 Å². The number of hydrogen-bond donors (Lipinski definition) is 2. The number of rotatable bonds is 8. The highest BCUT2D eigenvalue weighted by Crippen LogP contribution is 2.18. The fourth-order valence-electron chi connectivity index (χ4n) is 4.19. The van der Waals surface area contributed by atoms with Crippen molar-refractivity contribution in [2.45, 2.75) is 64.5 Å². The Labute approximate surface area is 179 Å². The number of amides is 2. The van der Waals surface area contributed by atoms with Gasteiger partial charge < -0.3 is 20.1 Å². The van der Waals surface area contributed by atoms with Crippen LogP contribution in [0.4, 0.5) is 4.79 Å². The zero-order valence-corrected chi connectivity index (χ0v) is 18.7. The van der Waals surface area contributed by atoms with Gasteiger partial charge >= 0.3 is 6.03 Å². The molecule has 0 aliphatic heterocycles. The summed E-state index contributed by atoms with van der Waals surface area (Å²) in [7, 11) is 4.07. The van der Waals surface area contributed by atoms with Crippen LogP contribution < -0.4 is 10.9 Å². The van der Waals surface area contributed by atoms with Gasteiger partial charge in [0.2, 0.25) is 0 Å². The molecule has 2 N–H and O–H groups in total.